The van der Waals surface area contributed by atoms with Crippen LogP contribution in [0.25, 0.3) is 11.4 Å². The molecular weight excluding hydrogens is 403 g/mol. The fourth-order valence-electron chi connectivity index (χ4n) is 3.16. The van der Waals surface area contributed by atoms with Crippen LogP contribution in [0.2, 0.25) is 0 Å². The van der Waals surface area contributed by atoms with E-state index in [4.69, 9.17) is 0 Å². The van der Waals surface area contributed by atoms with Crippen molar-refractivity contribution in [3.05, 3.63) is 102 Å². The van der Waals surface area contributed by atoms with E-state index in [9.17, 15) is 13.2 Å². The molecule has 0 saturated heterocycles. The van der Waals surface area contributed by atoms with Crippen molar-refractivity contribution in [1.29, 1.82) is 0 Å². The third kappa shape index (κ3) is 4.85. The van der Waals surface area contributed by atoms with Crippen LogP contribution in [-0.2, 0) is 6.18 Å². The second kappa shape index (κ2) is 8.51. The molecule has 156 valence electrons. The number of anilines is 1. The number of benzene rings is 1. The lowest BCUT2D eigenvalue weighted by Crippen LogP contribution is -2.17. The smallest absolute Gasteiger partial charge is 0.357 e. The van der Waals surface area contributed by atoms with E-state index >= 15 is 0 Å². The van der Waals surface area contributed by atoms with Crippen LogP contribution in [0.5, 0.6) is 0 Å². The van der Waals surface area contributed by atoms with E-state index in [1.807, 2.05) is 43.3 Å². The van der Waals surface area contributed by atoms with Gasteiger partial charge in [0.2, 0.25) is 0 Å². The van der Waals surface area contributed by atoms with E-state index in [0.717, 1.165) is 17.2 Å². The highest BCUT2D eigenvalue weighted by Gasteiger charge is 2.34. The number of pyridine rings is 2. The molecule has 0 aliphatic carbocycles. The Balaban J connectivity index is 1.81. The molecule has 0 amide bonds. The number of halogens is 3. The molecule has 0 radical (unpaired) electrons. The maximum Gasteiger partial charge on any atom is 0.433 e. The molecule has 0 aliphatic heterocycles. The molecular formula is C23H18F3N5. The van der Waals surface area contributed by atoms with Crippen molar-refractivity contribution in [2.45, 2.75) is 19.1 Å². The van der Waals surface area contributed by atoms with Gasteiger partial charge in [-0.05, 0) is 36.8 Å². The van der Waals surface area contributed by atoms with Gasteiger partial charge in [0.15, 0.2) is 11.5 Å². The number of nitrogens with zero attached hydrogens (tertiary/aromatic N) is 4. The number of alkyl halides is 3. The number of rotatable bonds is 5. The summed E-state index contributed by atoms with van der Waals surface area (Å²) in [4.78, 5) is 16.4. The summed E-state index contributed by atoms with van der Waals surface area (Å²) in [6.45, 7) is 1.95. The Hall–Kier alpha value is -3.81. The summed E-state index contributed by atoms with van der Waals surface area (Å²) in [7, 11) is 0. The van der Waals surface area contributed by atoms with Crippen LogP contribution in [0, 0.1) is 6.92 Å². The summed E-state index contributed by atoms with van der Waals surface area (Å²) in [6.07, 6.45) is -0.0245. The minimum Gasteiger partial charge on any atom is -0.357 e. The van der Waals surface area contributed by atoms with E-state index in [1.165, 1.54) is 12.4 Å². The molecule has 3 heterocycles. The van der Waals surface area contributed by atoms with Gasteiger partial charge in [-0.3, -0.25) is 9.97 Å². The SMILES string of the molecule is Cc1cccc(C(Nc2cc(C(F)(F)F)nc(-c3cccnc3)n2)c2ccccn2)c1. The van der Waals surface area contributed by atoms with Crippen LogP contribution in [-0.4, -0.2) is 19.9 Å². The first-order valence-corrected chi connectivity index (χ1v) is 9.51. The maximum atomic E-state index is 13.6. The van der Waals surface area contributed by atoms with Crippen LogP contribution in [0.4, 0.5) is 19.0 Å². The van der Waals surface area contributed by atoms with Crippen LogP contribution < -0.4 is 5.32 Å². The summed E-state index contributed by atoms with van der Waals surface area (Å²) < 4.78 is 40.7. The van der Waals surface area contributed by atoms with E-state index in [1.54, 1.807) is 24.4 Å². The molecule has 1 aromatic carbocycles. The molecule has 8 heteroatoms. The minimum absolute atomic E-state index is 0.0401. The topological polar surface area (TPSA) is 63.6 Å². The first-order chi connectivity index (χ1) is 14.9. The zero-order valence-electron chi connectivity index (χ0n) is 16.5. The Labute approximate surface area is 177 Å². The second-order valence-corrected chi connectivity index (χ2v) is 6.95. The zero-order valence-corrected chi connectivity index (χ0v) is 16.5. The van der Waals surface area contributed by atoms with E-state index in [-0.39, 0.29) is 11.6 Å². The molecule has 3 aromatic heterocycles. The highest BCUT2D eigenvalue weighted by atomic mass is 19.4. The number of aromatic nitrogens is 4. The molecule has 31 heavy (non-hydrogen) atoms. The quantitative estimate of drug-likeness (QED) is 0.463. The number of hydrogen-bond acceptors (Lipinski definition) is 5. The van der Waals surface area contributed by atoms with E-state index in [0.29, 0.717) is 11.3 Å². The van der Waals surface area contributed by atoms with Crippen LogP contribution >= 0.6 is 0 Å². The molecule has 4 rings (SSSR count). The van der Waals surface area contributed by atoms with Gasteiger partial charge in [-0.15, -0.1) is 0 Å². The summed E-state index contributed by atoms with van der Waals surface area (Å²) in [5.74, 6) is -0.0206. The van der Waals surface area contributed by atoms with Gasteiger partial charge < -0.3 is 5.32 Å². The Kier molecular flexibility index (Phi) is 5.62. The number of hydrogen-bond donors (Lipinski definition) is 1. The van der Waals surface area contributed by atoms with E-state index < -0.39 is 17.9 Å². The lowest BCUT2D eigenvalue weighted by atomic mass is 10.0. The van der Waals surface area contributed by atoms with Gasteiger partial charge in [0.25, 0.3) is 0 Å². The maximum absolute atomic E-state index is 13.6. The normalized spacial score (nSPS) is 12.4. The Morgan fingerprint density at radius 2 is 1.77 bits per heavy atom. The summed E-state index contributed by atoms with van der Waals surface area (Å²) in [5.41, 5.74) is 1.89. The van der Waals surface area contributed by atoms with Gasteiger partial charge >= 0.3 is 6.18 Å². The predicted octanol–water partition coefficient (Wildman–Crippen LogP) is 5.46. The van der Waals surface area contributed by atoms with Gasteiger partial charge in [0.1, 0.15) is 5.82 Å². The van der Waals surface area contributed by atoms with Crippen molar-refractivity contribution in [1.82, 2.24) is 19.9 Å². The molecule has 1 atom stereocenters. The van der Waals surface area contributed by atoms with Gasteiger partial charge in [0.05, 0.1) is 11.7 Å². The van der Waals surface area contributed by atoms with Gasteiger partial charge in [0, 0.05) is 30.2 Å². The van der Waals surface area contributed by atoms with Gasteiger partial charge in [-0.25, -0.2) is 9.97 Å². The molecule has 1 N–H and O–H groups in total. The molecule has 0 bridgehead atoms. The molecule has 0 aliphatic rings. The monoisotopic (exact) mass is 421 g/mol. The van der Waals surface area contributed by atoms with Crippen molar-refractivity contribution in [3.63, 3.8) is 0 Å². The standard InChI is InChI=1S/C23H18F3N5/c1-15-6-4-7-16(12-15)21(18-9-2-3-11-28-18)30-20-13-19(23(24,25)26)29-22(31-20)17-8-5-10-27-14-17/h2-14,21H,1H3,(H,29,30,31). The molecule has 4 aromatic rings. The highest BCUT2D eigenvalue weighted by molar-refractivity contribution is 5.57. The number of nitrogens with one attached hydrogen (secondary N) is 1. The Bertz CT molecular complexity index is 1160. The lowest BCUT2D eigenvalue weighted by molar-refractivity contribution is -0.141. The third-order valence-corrected chi connectivity index (χ3v) is 4.59. The van der Waals surface area contributed by atoms with Crippen molar-refractivity contribution in [3.8, 4) is 11.4 Å². The third-order valence-electron chi connectivity index (χ3n) is 4.59. The average Bonchev–Trinajstić information content (AvgIpc) is 2.78. The Morgan fingerprint density at radius 3 is 2.45 bits per heavy atom. The van der Waals surface area contributed by atoms with Crippen molar-refractivity contribution in [2.75, 3.05) is 5.32 Å². The molecule has 0 saturated carbocycles. The van der Waals surface area contributed by atoms with Crippen molar-refractivity contribution >= 4 is 5.82 Å². The second-order valence-electron chi connectivity index (χ2n) is 6.95. The minimum atomic E-state index is -4.62. The van der Waals surface area contributed by atoms with E-state index in [2.05, 4.69) is 25.3 Å². The lowest BCUT2D eigenvalue weighted by Gasteiger charge is -2.21. The fourth-order valence-corrected chi connectivity index (χ4v) is 3.16. The summed E-state index contributed by atoms with van der Waals surface area (Å²) >= 11 is 0. The number of aryl methyl sites for hydroxylation is 1. The largest absolute Gasteiger partial charge is 0.433 e. The van der Waals surface area contributed by atoms with Crippen LogP contribution in [0.3, 0.4) is 0 Å². The van der Waals surface area contributed by atoms with Crippen molar-refractivity contribution < 1.29 is 13.2 Å². The first-order valence-electron chi connectivity index (χ1n) is 9.51. The molecule has 1 unspecified atom stereocenters. The van der Waals surface area contributed by atoms with Crippen LogP contribution in [0.1, 0.15) is 28.6 Å². The van der Waals surface area contributed by atoms with Crippen LogP contribution in [0.15, 0.2) is 79.3 Å². The molecule has 0 fully saturated rings. The highest BCUT2D eigenvalue weighted by Crippen LogP contribution is 2.32. The zero-order chi connectivity index (χ0) is 21.8. The fraction of sp³-hybridized carbons (Fsp3) is 0.130. The summed E-state index contributed by atoms with van der Waals surface area (Å²) in [6, 6.07) is 16.8. The molecule has 0 spiro atoms. The summed E-state index contributed by atoms with van der Waals surface area (Å²) in [5, 5.41) is 3.13. The molecule has 5 nitrogen and oxygen atoms in total. The van der Waals surface area contributed by atoms with Crippen molar-refractivity contribution in [2.24, 2.45) is 0 Å². The van der Waals surface area contributed by atoms with Gasteiger partial charge in [-0.1, -0.05) is 35.9 Å². The van der Waals surface area contributed by atoms with Gasteiger partial charge in [-0.2, -0.15) is 13.2 Å². The first kappa shape index (κ1) is 20.5. The average molecular weight is 421 g/mol. The Morgan fingerprint density at radius 1 is 0.903 bits per heavy atom. The predicted molar refractivity (Wildman–Crippen MR) is 111 cm³/mol.